The predicted octanol–water partition coefficient (Wildman–Crippen LogP) is 3.84. The van der Waals surface area contributed by atoms with Crippen molar-refractivity contribution in [2.24, 2.45) is 0 Å². The first-order chi connectivity index (χ1) is 11.5. The van der Waals surface area contributed by atoms with E-state index in [0.29, 0.717) is 30.6 Å². The molecule has 25 heavy (non-hydrogen) atoms. The second-order valence-corrected chi connectivity index (χ2v) is 12.5. The number of hydrogen-bond donors (Lipinski definition) is 1. The number of rotatable bonds is 8. The zero-order valence-corrected chi connectivity index (χ0v) is 17.3. The molecule has 1 aromatic heterocycles. The minimum atomic E-state index is -1.80. The number of nitrogens with one attached hydrogen (secondary N) is 1. The zero-order chi connectivity index (χ0) is 19.3. The van der Waals surface area contributed by atoms with E-state index < -0.39 is 14.3 Å². The van der Waals surface area contributed by atoms with Gasteiger partial charge in [0.1, 0.15) is 0 Å². The first kappa shape index (κ1) is 21.4. The highest BCUT2D eigenvalue weighted by Crippen LogP contribution is 2.36. The summed E-state index contributed by atoms with van der Waals surface area (Å²) in [7, 11) is -0.463. The molecule has 0 aromatic carbocycles. The van der Waals surface area contributed by atoms with E-state index in [1.54, 1.807) is 6.08 Å². The molecule has 5 nitrogen and oxygen atoms in total. The van der Waals surface area contributed by atoms with Crippen molar-refractivity contribution in [2.75, 3.05) is 13.7 Å². The standard InChI is InChI=1S/C19H31NO4Si/c1-8-10-15-14(16(18(22)23-5)13-20-17(15)21)11-9-12-24-25(6,7)19(2,3)4/h8,13H,1,9-12H2,2-7H3,(H,20,21). The molecular formula is C19H31NO4Si. The van der Waals surface area contributed by atoms with Gasteiger partial charge in [-0.2, -0.15) is 0 Å². The average Bonchev–Trinajstić information content (AvgIpc) is 2.52. The molecule has 0 atom stereocenters. The Morgan fingerprint density at radius 3 is 2.48 bits per heavy atom. The van der Waals surface area contributed by atoms with Crippen LogP contribution in [0.5, 0.6) is 0 Å². The number of ether oxygens (including phenoxy) is 1. The molecule has 0 radical (unpaired) electrons. The number of H-pyrrole nitrogens is 1. The summed E-state index contributed by atoms with van der Waals surface area (Å²) < 4.78 is 11.0. The van der Waals surface area contributed by atoms with E-state index in [-0.39, 0.29) is 10.6 Å². The van der Waals surface area contributed by atoms with Crippen LogP contribution in [0, 0.1) is 0 Å². The molecular weight excluding hydrogens is 334 g/mol. The molecule has 0 fully saturated rings. The van der Waals surface area contributed by atoms with Crippen molar-refractivity contribution in [2.45, 2.75) is 58.2 Å². The largest absolute Gasteiger partial charge is 0.465 e. The van der Waals surface area contributed by atoms with Gasteiger partial charge in [0.15, 0.2) is 8.32 Å². The van der Waals surface area contributed by atoms with Crippen molar-refractivity contribution in [3.8, 4) is 0 Å². The lowest BCUT2D eigenvalue weighted by molar-refractivity contribution is 0.0598. The summed E-state index contributed by atoms with van der Waals surface area (Å²) in [6.07, 6.45) is 4.85. The number of aromatic amines is 1. The molecule has 1 rings (SSSR count). The van der Waals surface area contributed by atoms with Crippen molar-refractivity contribution in [1.82, 2.24) is 4.98 Å². The Kier molecular flexibility index (Phi) is 7.38. The highest BCUT2D eigenvalue weighted by Gasteiger charge is 2.36. The highest BCUT2D eigenvalue weighted by atomic mass is 28.4. The molecule has 0 spiro atoms. The van der Waals surface area contributed by atoms with Gasteiger partial charge in [-0.05, 0) is 43.0 Å². The van der Waals surface area contributed by atoms with E-state index in [4.69, 9.17) is 9.16 Å². The maximum absolute atomic E-state index is 12.1. The Morgan fingerprint density at radius 1 is 1.32 bits per heavy atom. The fourth-order valence-electron chi connectivity index (χ4n) is 2.34. The summed E-state index contributed by atoms with van der Waals surface area (Å²) in [5, 5.41) is 0.155. The molecule has 0 aliphatic rings. The monoisotopic (exact) mass is 365 g/mol. The molecule has 0 amide bonds. The minimum absolute atomic E-state index is 0.155. The van der Waals surface area contributed by atoms with Gasteiger partial charge in [0.05, 0.1) is 12.7 Å². The van der Waals surface area contributed by atoms with Crippen LogP contribution >= 0.6 is 0 Å². The lowest BCUT2D eigenvalue weighted by Crippen LogP contribution is -2.41. The third kappa shape index (κ3) is 5.41. The number of carbonyl (C=O) groups excluding carboxylic acids is 1. The summed E-state index contributed by atoms with van der Waals surface area (Å²) in [6.45, 7) is 15.3. The quantitative estimate of drug-likeness (QED) is 0.329. The Hall–Kier alpha value is -1.66. The molecule has 1 N–H and O–H groups in total. The SMILES string of the molecule is C=CCc1c(CCCO[Si](C)(C)C(C)(C)C)c(C(=O)OC)c[nH]c1=O. The lowest BCUT2D eigenvalue weighted by atomic mass is 9.97. The minimum Gasteiger partial charge on any atom is -0.465 e. The van der Waals surface area contributed by atoms with Crippen LogP contribution in [0.2, 0.25) is 18.1 Å². The molecule has 0 saturated carbocycles. The Bertz CT molecular complexity index is 671. The number of hydrogen-bond acceptors (Lipinski definition) is 4. The van der Waals surface area contributed by atoms with Gasteiger partial charge in [-0.15, -0.1) is 6.58 Å². The van der Waals surface area contributed by atoms with Crippen LogP contribution in [0.25, 0.3) is 0 Å². The van der Waals surface area contributed by atoms with Gasteiger partial charge >= 0.3 is 5.97 Å². The third-order valence-corrected chi connectivity index (χ3v) is 9.44. The van der Waals surface area contributed by atoms with Gasteiger partial charge in [0.2, 0.25) is 0 Å². The van der Waals surface area contributed by atoms with Crippen molar-refractivity contribution in [3.63, 3.8) is 0 Å². The Morgan fingerprint density at radius 2 is 1.96 bits per heavy atom. The van der Waals surface area contributed by atoms with Crippen LogP contribution in [0.1, 0.15) is 48.7 Å². The molecule has 0 saturated heterocycles. The van der Waals surface area contributed by atoms with Crippen LogP contribution in [0.15, 0.2) is 23.6 Å². The maximum atomic E-state index is 12.1. The number of pyridine rings is 1. The van der Waals surface area contributed by atoms with Crippen molar-refractivity contribution >= 4 is 14.3 Å². The van der Waals surface area contributed by atoms with Crippen LogP contribution in [0.3, 0.4) is 0 Å². The number of allylic oxidation sites excluding steroid dienone is 1. The number of esters is 1. The zero-order valence-electron chi connectivity index (χ0n) is 16.3. The topological polar surface area (TPSA) is 68.4 Å². The first-order valence-corrected chi connectivity index (χ1v) is 11.5. The smallest absolute Gasteiger partial charge is 0.339 e. The first-order valence-electron chi connectivity index (χ1n) is 8.61. The van der Waals surface area contributed by atoms with E-state index in [2.05, 4.69) is 45.4 Å². The third-order valence-electron chi connectivity index (χ3n) is 4.91. The molecule has 6 heteroatoms. The van der Waals surface area contributed by atoms with Crippen LogP contribution in [-0.4, -0.2) is 33.0 Å². The fourth-order valence-corrected chi connectivity index (χ4v) is 3.43. The van der Waals surface area contributed by atoms with E-state index in [0.717, 1.165) is 12.0 Å². The second kappa shape index (κ2) is 8.63. The molecule has 0 aliphatic heterocycles. The fraction of sp³-hybridized carbons (Fsp3) is 0.579. The highest BCUT2D eigenvalue weighted by molar-refractivity contribution is 6.74. The van der Waals surface area contributed by atoms with E-state index in [1.807, 2.05) is 0 Å². The van der Waals surface area contributed by atoms with Crippen molar-refractivity contribution < 1.29 is 14.0 Å². The maximum Gasteiger partial charge on any atom is 0.339 e. The molecule has 140 valence electrons. The summed E-state index contributed by atoms with van der Waals surface area (Å²) in [6, 6.07) is 0. The number of carbonyl (C=O) groups is 1. The Balaban J connectivity index is 2.96. The van der Waals surface area contributed by atoms with Crippen LogP contribution < -0.4 is 5.56 Å². The van der Waals surface area contributed by atoms with Crippen molar-refractivity contribution in [1.29, 1.82) is 0 Å². The van der Waals surface area contributed by atoms with Gasteiger partial charge in [-0.3, -0.25) is 4.79 Å². The van der Waals surface area contributed by atoms with Crippen LogP contribution in [0.4, 0.5) is 0 Å². The summed E-state index contributed by atoms with van der Waals surface area (Å²) in [5.74, 6) is -0.443. The predicted molar refractivity (Wildman–Crippen MR) is 104 cm³/mol. The van der Waals surface area contributed by atoms with Crippen LogP contribution in [-0.2, 0) is 22.0 Å². The molecule has 1 aromatic rings. The van der Waals surface area contributed by atoms with Gasteiger partial charge in [0.25, 0.3) is 5.56 Å². The molecule has 0 bridgehead atoms. The molecule has 0 unspecified atom stereocenters. The number of aromatic nitrogens is 1. The van der Waals surface area contributed by atoms with E-state index in [9.17, 15) is 9.59 Å². The van der Waals surface area contributed by atoms with E-state index >= 15 is 0 Å². The van der Waals surface area contributed by atoms with Gasteiger partial charge in [0, 0.05) is 18.4 Å². The van der Waals surface area contributed by atoms with Gasteiger partial charge in [-0.1, -0.05) is 26.8 Å². The molecule has 0 aliphatic carbocycles. The summed E-state index contributed by atoms with van der Waals surface area (Å²) >= 11 is 0. The lowest BCUT2D eigenvalue weighted by Gasteiger charge is -2.36. The van der Waals surface area contributed by atoms with Crippen molar-refractivity contribution in [3.05, 3.63) is 45.9 Å². The van der Waals surface area contributed by atoms with Gasteiger partial charge in [-0.25, -0.2) is 4.79 Å². The summed E-state index contributed by atoms with van der Waals surface area (Å²) in [5.41, 5.74) is 1.53. The Labute approximate surface area is 151 Å². The molecule has 1 heterocycles. The second-order valence-electron chi connectivity index (χ2n) is 7.69. The van der Waals surface area contributed by atoms with E-state index in [1.165, 1.54) is 13.3 Å². The van der Waals surface area contributed by atoms with Gasteiger partial charge < -0.3 is 14.1 Å². The number of methoxy groups -OCH3 is 1. The average molecular weight is 366 g/mol. The summed E-state index contributed by atoms with van der Waals surface area (Å²) in [4.78, 5) is 26.8. The normalized spacial score (nSPS) is 12.1.